The maximum atomic E-state index is 7.36. The first kappa shape index (κ1) is 10.5. The number of ether oxygens (including phenoxy) is 2. The van der Waals surface area contributed by atoms with E-state index in [4.69, 9.17) is 22.7 Å². The summed E-state index contributed by atoms with van der Waals surface area (Å²) in [5.74, 6) is -0.568. The number of epoxide rings is 1. The van der Waals surface area contributed by atoms with Crippen molar-refractivity contribution in [2.75, 3.05) is 13.7 Å². The number of nitrogens with one attached hydrogen (secondary N) is 1. The summed E-state index contributed by atoms with van der Waals surface area (Å²) < 4.78 is 10.4. The van der Waals surface area contributed by atoms with Crippen LogP contribution in [-0.4, -0.2) is 33.1 Å². The average molecular weight is 179 g/mol. The molecule has 70 valence electrons. The summed E-state index contributed by atoms with van der Waals surface area (Å²) in [6.45, 7) is 2.30. The lowest BCUT2D eigenvalue weighted by Crippen LogP contribution is -2.18. The second-order valence-electron chi connectivity index (χ2n) is 3.14. The average Bonchev–Trinajstić information content (AvgIpc) is 2.83. The van der Waals surface area contributed by atoms with Crippen molar-refractivity contribution < 1.29 is 9.47 Å². The van der Waals surface area contributed by atoms with Gasteiger partial charge in [-0.25, -0.2) is 0 Å². The molecule has 0 saturated carbocycles. The SMILES string of the molecule is [B]CC/C(=C\C(C)=N)C1(OC)CO1. The molecule has 1 unspecified atom stereocenters. The number of hydrogen-bond donors (Lipinski definition) is 1. The molecule has 0 aromatic heterocycles. The van der Waals surface area contributed by atoms with Crippen molar-refractivity contribution in [3.63, 3.8) is 0 Å². The van der Waals surface area contributed by atoms with Crippen LogP contribution in [0.4, 0.5) is 0 Å². The molecular weight excluding hydrogens is 165 g/mol. The van der Waals surface area contributed by atoms with Crippen molar-refractivity contribution >= 4 is 13.6 Å². The molecule has 0 aromatic rings. The van der Waals surface area contributed by atoms with Crippen LogP contribution in [0.15, 0.2) is 11.6 Å². The van der Waals surface area contributed by atoms with Gasteiger partial charge in [0.05, 0.1) is 7.85 Å². The van der Waals surface area contributed by atoms with E-state index in [2.05, 4.69) is 0 Å². The van der Waals surface area contributed by atoms with E-state index in [9.17, 15) is 0 Å². The maximum absolute atomic E-state index is 7.36. The van der Waals surface area contributed by atoms with Gasteiger partial charge in [-0.05, 0) is 25.0 Å². The normalized spacial score (nSPS) is 27.4. The highest BCUT2D eigenvalue weighted by molar-refractivity contribution is 6.08. The minimum Gasteiger partial charge on any atom is -0.348 e. The number of allylic oxidation sites excluding steroid dienone is 1. The predicted octanol–water partition coefficient (Wildman–Crippen LogP) is 1.30. The van der Waals surface area contributed by atoms with Gasteiger partial charge in [-0.2, -0.15) is 0 Å². The lowest BCUT2D eigenvalue weighted by molar-refractivity contribution is 0.0185. The summed E-state index contributed by atoms with van der Waals surface area (Å²) in [6.07, 6.45) is 3.03. The smallest absolute Gasteiger partial charge is 0.215 e. The molecule has 0 spiro atoms. The first-order chi connectivity index (χ1) is 6.14. The van der Waals surface area contributed by atoms with Crippen LogP contribution in [0.3, 0.4) is 0 Å². The van der Waals surface area contributed by atoms with Crippen LogP contribution in [0, 0.1) is 5.41 Å². The summed E-state index contributed by atoms with van der Waals surface area (Å²) in [5.41, 5.74) is 1.46. The molecule has 0 aromatic carbocycles. The minimum atomic E-state index is -0.568. The first-order valence-electron chi connectivity index (χ1n) is 4.30. The van der Waals surface area contributed by atoms with E-state index in [0.717, 1.165) is 5.57 Å². The molecule has 0 aliphatic carbocycles. The van der Waals surface area contributed by atoms with Gasteiger partial charge in [0.2, 0.25) is 5.79 Å². The maximum Gasteiger partial charge on any atom is 0.215 e. The van der Waals surface area contributed by atoms with Crippen LogP contribution in [0.5, 0.6) is 0 Å². The Bertz CT molecular complexity index is 234. The molecule has 2 radical (unpaired) electrons. The summed E-state index contributed by atoms with van der Waals surface area (Å²) in [4.78, 5) is 0. The quantitative estimate of drug-likeness (QED) is 0.392. The highest BCUT2D eigenvalue weighted by Crippen LogP contribution is 2.37. The number of hydrogen-bond acceptors (Lipinski definition) is 3. The summed E-state index contributed by atoms with van der Waals surface area (Å²) in [5, 5.41) is 7.36. The fourth-order valence-electron chi connectivity index (χ4n) is 1.29. The molecule has 1 aliphatic heterocycles. The van der Waals surface area contributed by atoms with Crippen molar-refractivity contribution in [1.29, 1.82) is 5.41 Å². The zero-order valence-corrected chi connectivity index (χ0v) is 8.09. The second kappa shape index (κ2) is 4.07. The summed E-state index contributed by atoms with van der Waals surface area (Å²) in [6, 6.07) is 0. The Balaban J connectivity index is 2.73. The Morgan fingerprint density at radius 2 is 2.38 bits per heavy atom. The van der Waals surface area contributed by atoms with E-state index in [-0.39, 0.29) is 0 Å². The van der Waals surface area contributed by atoms with Crippen LogP contribution in [0.2, 0.25) is 6.32 Å². The number of rotatable bonds is 5. The Kier molecular flexibility index (Phi) is 3.28. The Morgan fingerprint density at radius 1 is 1.77 bits per heavy atom. The lowest BCUT2D eigenvalue weighted by Gasteiger charge is -2.13. The van der Waals surface area contributed by atoms with Gasteiger partial charge in [0.15, 0.2) is 0 Å². The molecule has 0 bridgehead atoms. The Hall–Kier alpha value is -0.605. The van der Waals surface area contributed by atoms with Crippen molar-refractivity contribution in [3.05, 3.63) is 11.6 Å². The van der Waals surface area contributed by atoms with Crippen molar-refractivity contribution in [2.24, 2.45) is 0 Å². The lowest BCUT2D eigenvalue weighted by atomic mass is 9.93. The standard InChI is InChI=1S/C9H14BNO2/c1-7(11)5-8(3-4-10)9(12-2)6-13-9/h5,11H,3-4,6H2,1-2H3/b8-5+,11-7?. The highest BCUT2D eigenvalue weighted by atomic mass is 16.8. The molecule has 1 fully saturated rings. The van der Waals surface area contributed by atoms with Crippen molar-refractivity contribution in [1.82, 2.24) is 0 Å². The van der Waals surface area contributed by atoms with E-state index >= 15 is 0 Å². The largest absolute Gasteiger partial charge is 0.348 e. The third-order valence-corrected chi connectivity index (χ3v) is 2.03. The molecule has 1 saturated heterocycles. The van der Waals surface area contributed by atoms with Gasteiger partial charge < -0.3 is 14.9 Å². The van der Waals surface area contributed by atoms with Crippen LogP contribution in [-0.2, 0) is 9.47 Å². The van der Waals surface area contributed by atoms with Gasteiger partial charge in [-0.15, -0.1) is 0 Å². The van der Waals surface area contributed by atoms with Crippen molar-refractivity contribution in [2.45, 2.75) is 25.5 Å². The Morgan fingerprint density at radius 3 is 2.69 bits per heavy atom. The van der Waals surface area contributed by atoms with E-state index in [1.165, 1.54) is 0 Å². The monoisotopic (exact) mass is 179 g/mol. The molecule has 1 aliphatic rings. The topological polar surface area (TPSA) is 45.6 Å². The zero-order valence-electron chi connectivity index (χ0n) is 8.09. The minimum absolute atomic E-state index is 0.496. The van der Waals surface area contributed by atoms with Gasteiger partial charge in [0, 0.05) is 12.8 Å². The summed E-state index contributed by atoms with van der Waals surface area (Å²) >= 11 is 0. The van der Waals surface area contributed by atoms with E-state index < -0.39 is 5.79 Å². The highest BCUT2D eigenvalue weighted by Gasteiger charge is 2.48. The van der Waals surface area contributed by atoms with Gasteiger partial charge in [-0.1, -0.05) is 6.32 Å². The molecule has 13 heavy (non-hydrogen) atoms. The molecular formula is C9H14BNO2. The molecule has 4 heteroatoms. The van der Waals surface area contributed by atoms with E-state index in [1.807, 2.05) is 0 Å². The molecule has 0 amide bonds. The fourth-order valence-corrected chi connectivity index (χ4v) is 1.29. The van der Waals surface area contributed by atoms with E-state index in [1.54, 1.807) is 20.1 Å². The fraction of sp³-hybridized carbons (Fsp3) is 0.667. The third kappa shape index (κ3) is 2.42. The molecule has 1 rings (SSSR count). The predicted molar refractivity (Wildman–Crippen MR) is 52.4 cm³/mol. The van der Waals surface area contributed by atoms with Crippen molar-refractivity contribution in [3.8, 4) is 0 Å². The zero-order chi connectivity index (χ0) is 9.90. The first-order valence-corrected chi connectivity index (χ1v) is 4.30. The summed E-state index contributed by atoms with van der Waals surface area (Å²) in [7, 11) is 7.07. The molecule has 1 heterocycles. The molecule has 1 N–H and O–H groups in total. The van der Waals surface area contributed by atoms with Gasteiger partial charge in [-0.3, -0.25) is 0 Å². The van der Waals surface area contributed by atoms with Gasteiger partial charge in [0.1, 0.15) is 6.61 Å². The Labute approximate surface area is 80.0 Å². The van der Waals surface area contributed by atoms with Crippen LogP contribution in [0.25, 0.3) is 0 Å². The van der Waals surface area contributed by atoms with Crippen LogP contribution < -0.4 is 0 Å². The second-order valence-corrected chi connectivity index (χ2v) is 3.14. The van der Waals surface area contributed by atoms with Crippen LogP contribution in [0.1, 0.15) is 13.3 Å². The van der Waals surface area contributed by atoms with Gasteiger partial charge in [0.25, 0.3) is 0 Å². The van der Waals surface area contributed by atoms with E-state index in [0.29, 0.717) is 25.1 Å². The third-order valence-electron chi connectivity index (χ3n) is 2.03. The van der Waals surface area contributed by atoms with Gasteiger partial charge >= 0.3 is 0 Å². The van der Waals surface area contributed by atoms with Crippen LogP contribution >= 0.6 is 0 Å². The molecule has 1 atom stereocenters. The molecule has 3 nitrogen and oxygen atoms in total. The number of methoxy groups -OCH3 is 1.